The Morgan fingerprint density at radius 1 is 1.42 bits per heavy atom. The van der Waals surface area contributed by atoms with E-state index in [0.29, 0.717) is 24.5 Å². The molecule has 1 aliphatic heterocycles. The number of rotatable bonds is 2. The van der Waals surface area contributed by atoms with Gasteiger partial charge in [0.25, 0.3) is 0 Å². The van der Waals surface area contributed by atoms with E-state index in [1.54, 1.807) is 22.5 Å². The Hall–Kier alpha value is -0.140. The van der Waals surface area contributed by atoms with Crippen molar-refractivity contribution in [3.63, 3.8) is 0 Å². The molecule has 0 unspecified atom stereocenters. The van der Waals surface area contributed by atoms with Crippen molar-refractivity contribution in [1.29, 1.82) is 0 Å². The Morgan fingerprint density at radius 2 is 2.11 bits per heavy atom. The lowest BCUT2D eigenvalue weighted by Gasteiger charge is -2.31. The van der Waals surface area contributed by atoms with E-state index >= 15 is 0 Å². The zero-order valence-corrected chi connectivity index (χ0v) is 14.1. The summed E-state index contributed by atoms with van der Waals surface area (Å²) in [5, 5.41) is 3.24. The molecule has 1 heterocycles. The van der Waals surface area contributed by atoms with Gasteiger partial charge in [0.2, 0.25) is 10.0 Å². The maximum atomic E-state index is 12.5. The van der Waals surface area contributed by atoms with Crippen LogP contribution in [0.15, 0.2) is 27.6 Å². The SMILES string of the molecule is Cc1cc(S(=O)(=O)N2CCN[C@@H](C)C2)ccc1Br.Cl. The Morgan fingerprint density at radius 3 is 2.68 bits per heavy atom. The summed E-state index contributed by atoms with van der Waals surface area (Å²) >= 11 is 3.38. The van der Waals surface area contributed by atoms with Gasteiger partial charge in [-0.1, -0.05) is 15.9 Å². The summed E-state index contributed by atoms with van der Waals surface area (Å²) in [4.78, 5) is 0.373. The molecule has 0 aromatic heterocycles. The monoisotopic (exact) mass is 368 g/mol. The van der Waals surface area contributed by atoms with Gasteiger partial charge < -0.3 is 5.32 Å². The van der Waals surface area contributed by atoms with E-state index in [4.69, 9.17) is 0 Å². The van der Waals surface area contributed by atoms with Crippen molar-refractivity contribution in [3.05, 3.63) is 28.2 Å². The van der Waals surface area contributed by atoms with Crippen LogP contribution in [0.4, 0.5) is 0 Å². The summed E-state index contributed by atoms with van der Waals surface area (Å²) in [5.74, 6) is 0. The minimum absolute atomic E-state index is 0. The first kappa shape index (κ1) is 16.9. The number of halogens is 2. The lowest BCUT2D eigenvalue weighted by atomic mass is 10.2. The van der Waals surface area contributed by atoms with Crippen LogP contribution >= 0.6 is 28.3 Å². The predicted octanol–water partition coefficient (Wildman–Crippen LogP) is 2.16. The van der Waals surface area contributed by atoms with Crippen molar-refractivity contribution < 1.29 is 8.42 Å². The van der Waals surface area contributed by atoms with E-state index in [1.165, 1.54) is 0 Å². The number of nitrogens with zero attached hydrogens (tertiary/aromatic N) is 1. The van der Waals surface area contributed by atoms with E-state index in [0.717, 1.165) is 10.0 Å². The molecule has 0 saturated carbocycles. The molecule has 1 aromatic rings. The van der Waals surface area contributed by atoms with Gasteiger partial charge in [0, 0.05) is 30.1 Å². The number of piperazine rings is 1. The lowest BCUT2D eigenvalue weighted by Crippen LogP contribution is -2.51. The number of nitrogens with one attached hydrogen (secondary N) is 1. The van der Waals surface area contributed by atoms with E-state index < -0.39 is 10.0 Å². The van der Waals surface area contributed by atoms with Crippen LogP contribution in [0.3, 0.4) is 0 Å². The number of benzene rings is 1. The van der Waals surface area contributed by atoms with Crippen LogP contribution in [0.2, 0.25) is 0 Å². The molecule has 1 saturated heterocycles. The average Bonchev–Trinajstić information content (AvgIpc) is 2.32. The highest BCUT2D eigenvalue weighted by molar-refractivity contribution is 9.10. The molecule has 19 heavy (non-hydrogen) atoms. The topological polar surface area (TPSA) is 49.4 Å². The second kappa shape index (κ2) is 6.54. The molecule has 0 spiro atoms. The van der Waals surface area contributed by atoms with Crippen LogP contribution < -0.4 is 5.32 Å². The standard InChI is InChI=1S/C12H17BrN2O2S.ClH/c1-9-7-11(3-4-12(9)13)18(16,17)15-6-5-14-10(2)8-15;/h3-4,7,10,14H,5-6,8H2,1-2H3;1H/t10-;/m0./s1. The van der Waals surface area contributed by atoms with Gasteiger partial charge in [0.15, 0.2) is 0 Å². The minimum atomic E-state index is -3.36. The summed E-state index contributed by atoms with van der Waals surface area (Å²) < 4.78 is 27.4. The first-order valence-electron chi connectivity index (χ1n) is 5.91. The first-order chi connectivity index (χ1) is 8.41. The number of sulfonamides is 1. The summed E-state index contributed by atoms with van der Waals surface area (Å²) in [5.41, 5.74) is 0.930. The molecule has 7 heteroatoms. The summed E-state index contributed by atoms with van der Waals surface area (Å²) in [6.07, 6.45) is 0. The molecule has 4 nitrogen and oxygen atoms in total. The smallest absolute Gasteiger partial charge is 0.243 e. The highest BCUT2D eigenvalue weighted by atomic mass is 79.9. The van der Waals surface area contributed by atoms with Gasteiger partial charge in [-0.05, 0) is 37.6 Å². The molecule has 1 aromatic carbocycles. The normalized spacial score (nSPS) is 20.9. The van der Waals surface area contributed by atoms with Crippen molar-refractivity contribution in [2.75, 3.05) is 19.6 Å². The predicted molar refractivity (Wildman–Crippen MR) is 82.4 cm³/mol. The minimum Gasteiger partial charge on any atom is -0.312 e. The van der Waals surface area contributed by atoms with Crippen LogP contribution in [0.5, 0.6) is 0 Å². The summed E-state index contributed by atoms with van der Waals surface area (Å²) in [6, 6.07) is 5.35. The molecule has 1 atom stereocenters. The van der Waals surface area contributed by atoms with Crippen LogP contribution in [0, 0.1) is 6.92 Å². The Kier molecular flexibility index (Phi) is 5.82. The fraction of sp³-hybridized carbons (Fsp3) is 0.500. The molecular weight excluding hydrogens is 352 g/mol. The molecule has 0 aliphatic carbocycles. The van der Waals surface area contributed by atoms with Crippen LogP contribution in [-0.2, 0) is 10.0 Å². The molecular formula is C12H18BrClN2O2S. The third-order valence-corrected chi connectivity index (χ3v) is 5.85. The molecule has 0 amide bonds. The molecule has 1 N–H and O–H groups in total. The van der Waals surface area contributed by atoms with Crippen molar-refractivity contribution in [3.8, 4) is 0 Å². The maximum Gasteiger partial charge on any atom is 0.243 e. The lowest BCUT2D eigenvalue weighted by molar-refractivity contribution is 0.310. The largest absolute Gasteiger partial charge is 0.312 e. The average molecular weight is 370 g/mol. The van der Waals surface area contributed by atoms with Crippen molar-refractivity contribution in [2.45, 2.75) is 24.8 Å². The maximum absolute atomic E-state index is 12.5. The highest BCUT2D eigenvalue weighted by Crippen LogP contribution is 2.23. The van der Waals surface area contributed by atoms with E-state index in [1.807, 2.05) is 13.8 Å². The van der Waals surface area contributed by atoms with Crippen LogP contribution in [0.1, 0.15) is 12.5 Å². The Bertz CT molecular complexity index is 551. The van der Waals surface area contributed by atoms with Gasteiger partial charge in [-0.2, -0.15) is 4.31 Å². The molecule has 1 aliphatic rings. The zero-order valence-electron chi connectivity index (χ0n) is 10.9. The summed E-state index contributed by atoms with van der Waals surface area (Å²) in [7, 11) is -3.36. The Labute approximate surface area is 129 Å². The van der Waals surface area contributed by atoms with Crippen molar-refractivity contribution in [1.82, 2.24) is 9.62 Å². The van der Waals surface area contributed by atoms with E-state index in [2.05, 4.69) is 21.2 Å². The fourth-order valence-electron chi connectivity index (χ4n) is 2.04. The molecule has 108 valence electrons. The highest BCUT2D eigenvalue weighted by Gasteiger charge is 2.28. The third-order valence-electron chi connectivity index (χ3n) is 3.10. The molecule has 1 fully saturated rings. The first-order valence-corrected chi connectivity index (χ1v) is 8.14. The van der Waals surface area contributed by atoms with Gasteiger partial charge in [-0.15, -0.1) is 12.4 Å². The van der Waals surface area contributed by atoms with Crippen molar-refractivity contribution in [2.24, 2.45) is 0 Å². The van der Waals surface area contributed by atoms with Crippen molar-refractivity contribution >= 4 is 38.4 Å². The zero-order chi connectivity index (χ0) is 13.3. The van der Waals surface area contributed by atoms with E-state index in [-0.39, 0.29) is 18.4 Å². The number of hydrogen-bond acceptors (Lipinski definition) is 3. The number of hydrogen-bond donors (Lipinski definition) is 1. The van der Waals surface area contributed by atoms with Gasteiger partial charge >= 0.3 is 0 Å². The van der Waals surface area contributed by atoms with E-state index in [9.17, 15) is 8.42 Å². The molecule has 0 bridgehead atoms. The second-order valence-corrected chi connectivity index (χ2v) is 7.42. The van der Waals surface area contributed by atoms with Crippen LogP contribution in [-0.4, -0.2) is 38.4 Å². The Balaban J connectivity index is 0.00000180. The summed E-state index contributed by atoms with van der Waals surface area (Å²) in [6.45, 7) is 5.65. The van der Waals surface area contributed by atoms with Gasteiger partial charge in [0.1, 0.15) is 0 Å². The van der Waals surface area contributed by atoms with Gasteiger partial charge in [-0.25, -0.2) is 8.42 Å². The second-order valence-electron chi connectivity index (χ2n) is 4.63. The molecule has 2 rings (SSSR count). The third kappa shape index (κ3) is 3.70. The fourth-order valence-corrected chi connectivity index (χ4v) is 3.90. The quantitative estimate of drug-likeness (QED) is 0.869. The number of aryl methyl sites for hydroxylation is 1. The van der Waals surface area contributed by atoms with Gasteiger partial charge in [-0.3, -0.25) is 0 Å². The van der Waals surface area contributed by atoms with Gasteiger partial charge in [0.05, 0.1) is 4.90 Å². The van der Waals surface area contributed by atoms with Crippen LogP contribution in [0.25, 0.3) is 0 Å². The molecule has 0 radical (unpaired) electrons.